The van der Waals surface area contributed by atoms with Crippen molar-refractivity contribution in [2.75, 3.05) is 12.3 Å². The van der Waals surface area contributed by atoms with E-state index in [1.165, 1.54) is 6.08 Å². The van der Waals surface area contributed by atoms with Crippen molar-refractivity contribution in [3.05, 3.63) is 18.5 Å². The minimum Gasteiger partial charge on any atom is -0.391 e. The fourth-order valence-electron chi connectivity index (χ4n) is 0.651. The van der Waals surface area contributed by atoms with Crippen LogP contribution in [0.2, 0.25) is 0 Å². The summed E-state index contributed by atoms with van der Waals surface area (Å²) in [7, 11) is 0. The minimum atomic E-state index is -0.808. The predicted octanol–water partition coefficient (Wildman–Crippen LogP) is 1.21. The first-order valence-electron chi connectivity index (χ1n) is 3.75. The van der Waals surface area contributed by atoms with Crippen molar-refractivity contribution < 1.29 is 9.63 Å². The van der Waals surface area contributed by atoms with Crippen LogP contribution in [0.4, 0.5) is 5.13 Å². The molecule has 0 fully saturated rings. The van der Waals surface area contributed by atoms with Crippen molar-refractivity contribution in [2.24, 2.45) is 5.16 Å². The number of anilines is 1. The van der Waals surface area contributed by atoms with Gasteiger partial charge in [0.25, 0.3) is 5.24 Å². The minimum absolute atomic E-state index is 0. The van der Waals surface area contributed by atoms with Gasteiger partial charge in [-0.1, -0.05) is 17.8 Å². The van der Waals surface area contributed by atoms with Crippen LogP contribution in [0.15, 0.2) is 17.8 Å². The Kier molecular flexibility index (Phi) is 6.63. The third-order valence-corrected chi connectivity index (χ3v) is 1.91. The van der Waals surface area contributed by atoms with E-state index in [9.17, 15) is 4.79 Å². The molecule has 0 aromatic carbocycles. The molecule has 1 aromatic heterocycles. The first-order chi connectivity index (χ1) is 7.15. The highest BCUT2D eigenvalue weighted by Crippen LogP contribution is 2.08. The van der Waals surface area contributed by atoms with Crippen molar-refractivity contribution >= 4 is 51.6 Å². The molecule has 0 bridgehead atoms. The Morgan fingerprint density at radius 3 is 2.88 bits per heavy atom. The quantitative estimate of drug-likeness (QED) is 0.288. The Labute approximate surface area is 107 Å². The van der Waals surface area contributed by atoms with Gasteiger partial charge in [-0.05, 0) is 11.6 Å². The summed E-state index contributed by atoms with van der Waals surface area (Å²) in [5.74, 6) is 0.0570. The molecule has 1 rings (SSSR count). The van der Waals surface area contributed by atoms with Gasteiger partial charge in [0.1, 0.15) is 6.61 Å². The van der Waals surface area contributed by atoms with Crippen molar-refractivity contribution in [2.45, 2.75) is 0 Å². The van der Waals surface area contributed by atoms with Crippen molar-refractivity contribution in [3.8, 4) is 0 Å². The van der Waals surface area contributed by atoms with E-state index in [2.05, 4.69) is 21.1 Å². The highest BCUT2D eigenvalue weighted by atomic mass is 35.5. The van der Waals surface area contributed by atoms with Gasteiger partial charge >= 0.3 is 0 Å². The van der Waals surface area contributed by atoms with Crippen LogP contribution >= 0.6 is 35.5 Å². The Morgan fingerprint density at radius 1 is 1.75 bits per heavy atom. The molecule has 1 heterocycles. The SMILES string of the molecule is C=CCON=C(C(=O)Cl)c1nsc(N)n1.Cl. The molecule has 0 atom stereocenters. The fourth-order valence-corrected chi connectivity index (χ4v) is 1.20. The second kappa shape index (κ2) is 7.15. The van der Waals surface area contributed by atoms with Crippen LogP contribution in [0.3, 0.4) is 0 Å². The number of rotatable bonds is 5. The molecule has 0 aliphatic rings. The Balaban J connectivity index is 0.00000225. The van der Waals surface area contributed by atoms with Gasteiger partial charge in [-0.25, -0.2) is 0 Å². The molecule has 0 saturated heterocycles. The molecule has 0 amide bonds. The van der Waals surface area contributed by atoms with Crippen LogP contribution in [0.5, 0.6) is 0 Å². The van der Waals surface area contributed by atoms with E-state index >= 15 is 0 Å². The first-order valence-corrected chi connectivity index (χ1v) is 4.90. The zero-order valence-electron chi connectivity index (χ0n) is 7.92. The summed E-state index contributed by atoms with van der Waals surface area (Å²) in [4.78, 5) is 19.4. The van der Waals surface area contributed by atoms with Gasteiger partial charge in [0.05, 0.1) is 0 Å². The maximum atomic E-state index is 11.0. The highest BCUT2D eigenvalue weighted by Gasteiger charge is 2.17. The number of nitrogens with zero attached hydrogens (tertiary/aromatic N) is 3. The lowest BCUT2D eigenvalue weighted by Crippen LogP contribution is -2.12. The Bertz CT molecular complexity index is 407. The second-order valence-corrected chi connectivity index (χ2v) is 3.38. The second-order valence-electron chi connectivity index (χ2n) is 2.25. The van der Waals surface area contributed by atoms with Crippen LogP contribution in [0.1, 0.15) is 5.82 Å². The van der Waals surface area contributed by atoms with Gasteiger partial charge in [0.15, 0.2) is 5.13 Å². The van der Waals surface area contributed by atoms with E-state index in [1.54, 1.807) is 0 Å². The average molecular weight is 283 g/mol. The lowest BCUT2D eigenvalue weighted by atomic mass is 10.4. The number of halogens is 2. The van der Waals surface area contributed by atoms with Gasteiger partial charge in [0.2, 0.25) is 11.5 Å². The summed E-state index contributed by atoms with van der Waals surface area (Å²) in [6.07, 6.45) is 1.47. The van der Waals surface area contributed by atoms with Gasteiger partial charge in [-0.3, -0.25) is 4.79 Å². The monoisotopic (exact) mass is 282 g/mol. The molecule has 6 nitrogen and oxygen atoms in total. The third kappa shape index (κ3) is 4.13. The van der Waals surface area contributed by atoms with E-state index < -0.39 is 5.24 Å². The summed E-state index contributed by atoms with van der Waals surface area (Å²) in [5, 5.41) is 2.90. The number of oxime groups is 1. The van der Waals surface area contributed by atoms with Gasteiger partial charge in [-0.2, -0.15) is 9.36 Å². The number of carbonyl (C=O) groups is 1. The first kappa shape index (κ1) is 14.8. The van der Waals surface area contributed by atoms with Crippen LogP contribution in [0.25, 0.3) is 0 Å². The van der Waals surface area contributed by atoms with E-state index in [0.717, 1.165) is 11.5 Å². The number of carbonyl (C=O) groups excluding carboxylic acids is 1. The number of nitrogens with two attached hydrogens (primary N) is 1. The van der Waals surface area contributed by atoms with Crippen molar-refractivity contribution in [3.63, 3.8) is 0 Å². The summed E-state index contributed by atoms with van der Waals surface area (Å²) >= 11 is 6.21. The zero-order chi connectivity index (χ0) is 11.3. The van der Waals surface area contributed by atoms with E-state index in [0.29, 0.717) is 0 Å². The van der Waals surface area contributed by atoms with Crippen LogP contribution in [-0.4, -0.2) is 26.9 Å². The molecule has 88 valence electrons. The van der Waals surface area contributed by atoms with Crippen LogP contribution < -0.4 is 5.73 Å². The van der Waals surface area contributed by atoms with Crippen molar-refractivity contribution in [1.29, 1.82) is 0 Å². The third-order valence-electron chi connectivity index (χ3n) is 1.19. The van der Waals surface area contributed by atoms with Crippen LogP contribution in [-0.2, 0) is 9.63 Å². The molecule has 0 unspecified atom stereocenters. The van der Waals surface area contributed by atoms with Crippen LogP contribution in [0, 0.1) is 0 Å². The topological polar surface area (TPSA) is 90.5 Å². The predicted molar refractivity (Wildman–Crippen MR) is 65.1 cm³/mol. The molecule has 0 aliphatic carbocycles. The summed E-state index contributed by atoms with van der Waals surface area (Å²) < 4.78 is 3.78. The summed E-state index contributed by atoms with van der Waals surface area (Å²) in [5.41, 5.74) is 5.18. The maximum absolute atomic E-state index is 11.0. The number of nitrogen functional groups attached to an aromatic ring is 1. The molecular weight excluding hydrogens is 275 g/mol. The molecule has 1 aromatic rings. The zero-order valence-corrected chi connectivity index (χ0v) is 10.3. The smallest absolute Gasteiger partial charge is 0.278 e. The van der Waals surface area contributed by atoms with Gasteiger partial charge in [0, 0.05) is 11.5 Å². The standard InChI is InChI=1S/C7H7ClN4O2S.ClH/c1-2-3-14-11-4(5(8)13)6-10-7(9)15-12-6;/h2H,1,3H2,(H2,9,10,12);1H. The molecule has 0 spiro atoms. The van der Waals surface area contributed by atoms with Gasteiger partial charge in [-0.15, -0.1) is 12.4 Å². The number of aromatic nitrogens is 2. The molecule has 0 aliphatic heterocycles. The molecule has 0 radical (unpaired) electrons. The number of hydrogen-bond acceptors (Lipinski definition) is 7. The molecule has 0 saturated carbocycles. The lowest BCUT2D eigenvalue weighted by Gasteiger charge is -1.95. The maximum Gasteiger partial charge on any atom is 0.278 e. The Morgan fingerprint density at radius 2 is 2.44 bits per heavy atom. The van der Waals surface area contributed by atoms with E-state index in [4.69, 9.17) is 22.2 Å². The van der Waals surface area contributed by atoms with Gasteiger partial charge < -0.3 is 10.6 Å². The highest BCUT2D eigenvalue weighted by molar-refractivity contribution is 7.09. The summed E-state index contributed by atoms with van der Waals surface area (Å²) in [6, 6.07) is 0. The van der Waals surface area contributed by atoms with E-state index in [-0.39, 0.29) is 35.7 Å². The molecule has 9 heteroatoms. The molecule has 16 heavy (non-hydrogen) atoms. The fraction of sp³-hybridized carbons (Fsp3) is 0.143. The largest absolute Gasteiger partial charge is 0.391 e. The summed E-state index contributed by atoms with van der Waals surface area (Å²) in [6.45, 7) is 3.58. The molecular formula is C7H8Cl2N4O2S. The normalized spacial score (nSPS) is 10.4. The average Bonchev–Trinajstić information content (AvgIpc) is 2.59. The number of hydrogen-bond donors (Lipinski definition) is 1. The lowest BCUT2D eigenvalue weighted by molar-refractivity contribution is -0.106. The Hall–Kier alpha value is -1.18. The molecule has 2 N–H and O–H groups in total. The van der Waals surface area contributed by atoms with Crippen molar-refractivity contribution in [1.82, 2.24) is 9.36 Å². The van der Waals surface area contributed by atoms with E-state index in [1.807, 2.05) is 0 Å².